The van der Waals surface area contributed by atoms with Gasteiger partial charge in [-0.05, 0) is 32.4 Å². The van der Waals surface area contributed by atoms with Gasteiger partial charge in [0.25, 0.3) is 5.91 Å². The summed E-state index contributed by atoms with van der Waals surface area (Å²) < 4.78 is 0. The first-order valence-corrected chi connectivity index (χ1v) is 7.40. The number of carbonyl (C=O) groups is 1. The zero-order chi connectivity index (χ0) is 15.0. The summed E-state index contributed by atoms with van der Waals surface area (Å²) in [7, 11) is 0. The van der Waals surface area contributed by atoms with Crippen LogP contribution in [0.25, 0.3) is 10.9 Å². The highest BCUT2D eigenvalue weighted by molar-refractivity contribution is 6.06. The highest BCUT2D eigenvalue weighted by atomic mass is 16.3. The van der Waals surface area contributed by atoms with Gasteiger partial charge in [0.05, 0.1) is 17.2 Å². The molecule has 1 aliphatic heterocycles. The highest BCUT2D eigenvalue weighted by Gasteiger charge is 2.30. The van der Waals surface area contributed by atoms with Crippen LogP contribution < -0.4 is 0 Å². The smallest absolute Gasteiger partial charge is 0.254 e. The second kappa shape index (κ2) is 5.45. The third kappa shape index (κ3) is 2.63. The number of likely N-dealkylation sites (tertiary alicyclic amines) is 1. The number of para-hydroxylation sites is 1. The number of benzene rings is 1. The number of nitrogens with zero attached hydrogens (tertiary/aromatic N) is 2. The summed E-state index contributed by atoms with van der Waals surface area (Å²) in [6.45, 7) is 5.05. The van der Waals surface area contributed by atoms with E-state index in [1.807, 2.05) is 42.2 Å². The van der Waals surface area contributed by atoms with Gasteiger partial charge in [0.15, 0.2) is 0 Å². The van der Waals surface area contributed by atoms with Gasteiger partial charge in [-0.25, -0.2) is 0 Å². The molecule has 2 aromatic rings. The Labute approximate surface area is 124 Å². The van der Waals surface area contributed by atoms with Crippen LogP contribution in [0.2, 0.25) is 0 Å². The molecule has 0 aliphatic carbocycles. The van der Waals surface area contributed by atoms with Crippen molar-refractivity contribution in [2.45, 2.75) is 26.4 Å². The number of aliphatic hydroxyl groups is 1. The number of hydrogen-bond donors (Lipinski definition) is 1. The average Bonchev–Trinajstić information content (AvgIpc) is 2.95. The standard InChI is InChI=1S/C17H20N2O2/c1-11-9-15(14-5-3-4-6-16(14)18-11)17(21)19-8-7-13(10-19)12(2)20/h3-6,9,12-13,20H,7-8,10H2,1-2H3. The maximum Gasteiger partial charge on any atom is 0.254 e. The molecule has 2 atom stereocenters. The zero-order valence-corrected chi connectivity index (χ0v) is 12.4. The Morgan fingerprint density at radius 1 is 1.43 bits per heavy atom. The second-order valence-electron chi connectivity index (χ2n) is 5.87. The number of pyridine rings is 1. The Bertz CT molecular complexity index is 682. The third-order valence-corrected chi connectivity index (χ3v) is 4.27. The summed E-state index contributed by atoms with van der Waals surface area (Å²) in [5, 5.41) is 10.6. The molecule has 0 saturated carbocycles. The predicted octanol–water partition coefficient (Wildman–Crippen LogP) is 2.39. The van der Waals surface area contributed by atoms with Gasteiger partial charge in [-0.1, -0.05) is 18.2 Å². The van der Waals surface area contributed by atoms with Crippen LogP contribution in [0.5, 0.6) is 0 Å². The Hall–Kier alpha value is -1.94. The molecular formula is C17H20N2O2. The summed E-state index contributed by atoms with van der Waals surface area (Å²) in [5.41, 5.74) is 2.42. The molecule has 1 aliphatic rings. The van der Waals surface area contributed by atoms with E-state index < -0.39 is 0 Å². The van der Waals surface area contributed by atoms with E-state index in [4.69, 9.17) is 0 Å². The fourth-order valence-electron chi connectivity index (χ4n) is 3.02. The lowest BCUT2D eigenvalue weighted by Crippen LogP contribution is -2.30. The third-order valence-electron chi connectivity index (χ3n) is 4.27. The van der Waals surface area contributed by atoms with Gasteiger partial charge >= 0.3 is 0 Å². The molecule has 110 valence electrons. The maximum atomic E-state index is 12.8. The average molecular weight is 284 g/mol. The molecule has 1 amide bonds. The van der Waals surface area contributed by atoms with E-state index in [0.717, 1.165) is 23.0 Å². The Morgan fingerprint density at radius 2 is 2.19 bits per heavy atom. The van der Waals surface area contributed by atoms with Crippen LogP contribution in [0.3, 0.4) is 0 Å². The molecule has 1 aromatic heterocycles. The van der Waals surface area contributed by atoms with Gasteiger partial charge in [0.1, 0.15) is 0 Å². The van der Waals surface area contributed by atoms with Gasteiger partial charge in [0.2, 0.25) is 0 Å². The van der Waals surface area contributed by atoms with E-state index in [1.54, 1.807) is 6.92 Å². The largest absolute Gasteiger partial charge is 0.393 e. The number of aliphatic hydroxyl groups excluding tert-OH is 1. The van der Waals surface area contributed by atoms with E-state index in [1.165, 1.54) is 0 Å². The first-order chi connectivity index (χ1) is 10.1. The molecule has 0 bridgehead atoms. The van der Waals surface area contributed by atoms with Crippen molar-refractivity contribution in [3.05, 3.63) is 41.6 Å². The molecule has 1 aromatic carbocycles. The summed E-state index contributed by atoms with van der Waals surface area (Å²) in [6, 6.07) is 9.60. The van der Waals surface area contributed by atoms with Crippen molar-refractivity contribution in [2.75, 3.05) is 13.1 Å². The van der Waals surface area contributed by atoms with Crippen LogP contribution in [0, 0.1) is 12.8 Å². The summed E-state index contributed by atoms with van der Waals surface area (Å²) >= 11 is 0. The normalized spacial score (nSPS) is 20.0. The molecule has 4 heteroatoms. The monoisotopic (exact) mass is 284 g/mol. The Morgan fingerprint density at radius 3 is 2.90 bits per heavy atom. The quantitative estimate of drug-likeness (QED) is 0.921. The van der Waals surface area contributed by atoms with Crippen LogP contribution in [-0.2, 0) is 0 Å². The van der Waals surface area contributed by atoms with Gasteiger partial charge in [-0.3, -0.25) is 9.78 Å². The second-order valence-corrected chi connectivity index (χ2v) is 5.87. The number of rotatable bonds is 2. The minimum atomic E-state index is -0.362. The van der Waals surface area contributed by atoms with Crippen LogP contribution >= 0.6 is 0 Å². The predicted molar refractivity (Wildman–Crippen MR) is 82.2 cm³/mol. The zero-order valence-electron chi connectivity index (χ0n) is 12.4. The minimum absolute atomic E-state index is 0.0415. The highest BCUT2D eigenvalue weighted by Crippen LogP contribution is 2.25. The van der Waals surface area contributed by atoms with Crippen LogP contribution in [0.4, 0.5) is 0 Å². The van der Waals surface area contributed by atoms with Gasteiger partial charge in [-0.15, -0.1) is 0 Å². The van der Waals surface area contributed by atoms with E-state index >= 15 is 0 Å². The number of carbonyl (C=O) groups excluding carboxylic acids is 1. The fourth-order valence-corrected chi connectivity index (χ4v) is 3.02. The van der Waals surface area contributed by atoms with Crippen LogP contribution in [-0.4, -0.2) is 40.1 Å². The van der Waals surface area contributed by atoms with Crippen molar-refractivity contribution >= 4 is 16.8 Å². The molecule has 0 spiro atoms. The van der Waals surface area contributed by atoms with Gasteiger partial charge < -0.3 is 10.0 Å². The van der Waals surface area contributed by atoms with Crippen molar-refractivity contribution in [3.63, 3.8) is 0 Å². The van der Waals surface area contributed by atoms with Crippen molar-refractivity contribution in [2.24, 2.45) is 5.92 Å². The number of amides is 1. The molecule has 21 heavy (non-hydrogen) atoms. The number of aryl methyl sites for hydroxylation is 1. The lowest BCUT2D eigenvalue weighted by molar-refractivity contribution is 0.0764. The Kier molecular flexibility index (Phi) is 3.64. The number of fused-ring (bicyclic) bond motifs is 1. The molecule has 2 unspecified atom stereocenters. The summed E-state index contributed by atoms with van der Waals surface area (Å²) in [4.78, 5) is 19.1. The van der Waals surface area contributed by atoms with Crippen molar-refractivity contribution in [1.82, 2.24) is 9.88 Å². The van der Waals surface area contributed by atoms with E-state index in [0.29, 0.717) is 18.7 Å². The molecule has 1 N–H and O–H groups in total. The molecule has 3 rings (SSSR count). The van der Waals surface area contributed by atoms with Gasteiger partial charge in [-0.2, -0.15) is 0 Å². The summed E-state index contributed by atoms with van der Waals surface area (Å²) in [6.07, 6.45) is 0.504. The van der Waals surface area contributed by atoms with Crippen molar-refractivity contribution < 1.29 is 9.90 Å². The molecule has 0 radical (unpaired) electrons. The molecular weight excluding hydrogens is 264 g/mol. The molecule has 1 saturated heterocycles. The molecule has 2 heterocycles. The fraction of sp³-hybridized carbons (Fsp3) is 0.412. The minimum Gasteiger partial charge on any atom is -0.393 e. The van der Waals surface area contributed by atoms with Crippen molar-refractivity contribution in [1.29, 1.82) is 0 Å². The van der Waals surface area contributed by atoms with Crippen molar-refractivity contribution in [3.8, 4) is 0 Å². The first kappa shape index (κ1) is 14.0. The summed E-state index contributed by atoms with van der Waals surface area (Å²) in [5.74, 6) is 0.225. The Balaban J connectivity index is 1.95. The SMILES string of the molecule is Cc1cc(C(=O)N2CCC(C(C)O)C2)c2ccccc2n1. The topological polar surface area (TPSA) is 53.4 Å². The lowest BCUT2D eigenvalue weighted by atomic mass is 10.0. The van der Waals surface area contributed by atoms with Gasteiger partial charge in [0, 0.05) is 30.1 Å². The first-order valence-electron chi connectivity index (χ1n) is 7.40. The van der Waals surface area contributed by atoms with E-state index in [2.05, 4.69) is 4.98 Å². The number of aromatic nitrogens is 1. The van der Waals surface area contributed by atoms with E-state index in [9.17, 15) is 9.90 Å². The van der Waals surface area contributed by atoms with Crippen LogP contribution in [0.15, 0.2) is 30.3 Å². The number of hydrogen-bond acceptors (Lipinski definition) is 3. The molecule has 4 nitrogen and oxygen atoms in total. The van der Waals surface area contributed by atoms with E-state index in [-0.39, 0.29) is 17.9 Å². The lowest BCUT2D eigenvalue weighted by Gasteiger charge is -2.19. The maximum absolute atomic E-state index is 12.8. The molecule has 1 fully saturated rings. The van der Waals surface area contributed by atoms with Crippen LogP contribution in [0.1, 0.15) is 29.4 Å².